The van der Waals surface area contributed by atoms with E-state index in [-0.39, 0.29) is 5.54 Å². The second-order valence-electron chi connectivity index (χ2n) is 4.43. The molecule has 2 heterocycles. The number of nitrogens with zero attached hydrogens (tertiary/aromatic N) is 3. The van der Waals surface area contributed by atoms with Gasteiger partial charge in [-0.1, -0.05) is 0 Å². The molecule has 2 aromatic rings. The number of nitrogens with one attached hydrogen (secondary N) is 3. The molecule has 1 aliphatic rings. The van der Waals surface area contributed by atoms with Crippen molar-refractivity contribution in [2.24, 2.45) is 0 Å². The number of hydrogen-bond acceptors (Lipinski definition) is 5. The SMILES string of the molecule is CNc1nc(NC2(C)CC2)c2[nH]cnc2n1. The van der Waals surface area contributed by atoms with E-state index >= 15 is 0 Å². The fourth-order valence-electron chi connectivity index (χ4n) is 1.63. The zero-order valence-electron chi connectivity index (χ0n) is 9.33. The van der Waals surface area contributed by atoms with Gasteiger partial charge < -0.3 is 15.6 Å². The Balaban J connectivity index is 2.09. The molecular weight excluding hydrogens is 204 g/mol. The van der Waals surface area contributed by atoms with E-state index in [0.717, 1.165) is 11.3 Å². The highest BCUT2D eigenvalue weighted by molar-refractivity contribution is 5.84. The smallest absolute Gasteiger partial charge is 0.226 e. The Kier molecular flexibility index (Phi) is 1.80. The van der Waals surface area contributed by atoms with Gasteiger partial charge >= 0.3 is 0 Å². The Hall–Kier alpha value is -1.85. The summed E-state index contributed by atoms with van der Waals surface area (Å²) < 4.78 is 0. The average Bonchev–Trinajstić information content (AvgIpc) is 2.81. The van der Waals surface area contributed by atoms with Crippen LogP contribution in [0.25, 0.3) is 11.2 Å². The minimum Gasteiger partial charge on any atom is -0.363 e. The third kappa shape index (κ3) is 1.46. The van der Waals surface area contributed by atoms with E-state index in [1.165, 1.54) is 12.8 Å². The van der Waals surface area contributed by atoms with Crippen molar-refractivity contribution in [3.8, 4) is 0 Å². The monoisotopic (exact) mass is 218 g/mol. The minimum atomic E-state index is 0.192. The van der Waals surface area contributed by atoms with Gasteiger partial charge in [-0.25, -0.2) is 4.98 Å². The average molecular weight is 218 g/mol. The molecule has 2 aromatic heterocycles. The second-order valence-corrected chi connectivity index (χ2v) is 4.43. The number of anilines is 2. The standard InChI is InChI=1S/C10H14N6/c1-10(3-4-10)16-8-6-7(13-5-12-6)14-9(11-2)15-8/h5H,3-4H2,1-2H3,(H3,11,12,13,14,15,16). The Morgan fingerprint density at radius 2 is 2.19 bits per heavy atom. The van der Waals surface area contributed by atoms with E-state index in [9.17, 15) is 0 Å². The van der Waals surface area contributed by atoms with Crippen molar-refractivity contribution in [1.29, 1.82) is 0 Å². The molecule has 0 saturated heterocycles. The van der Waals surface area contributed by atoms with E-state index in [4.69, 9.17) is 0 Å². The van der Waals surface area contributed by atoms with Crippen molar-refractivity contribution in [3.05, 3.63) is 6.33 Å². The number of H-pyrrole nitrogens is 1. The molecule has 84 valence electrons. The molecule has 1 fully saturated rings. The van der Waals surface area contributed by atoms with Crippen LogP contribution in [0.5, 0.6) is 0 Å². The molecule has 3 rings (SSSR count). The Morgan fingerprint density at radius 1 is 1.38 bits per heavy atom. The molecular formula is C10H14N6. The summed E-state index contributed by atoms with van der Waals surface area (Å²) in [6.45, 7) is 2.19. The first-order valence-electron chi connectivity index (χ1n) is 5.37. The van der Waals surface area contributed by atoms with Crippen molar-refractivity contribution in [1.82, 2.24) is 19.9 Å². The highest BCUT2D eigenvalue weighted by Crippen LogP contribution is 2.38. The van der Waals surface area contributed by atoms with E-state index in [0.29, 0.717) is 11.6 Å². The van der Waals surface area contributed by atoms with E-state index in [1.807, 2.05) is 0 Å². The van der Waals surface area contributed by atoms with Gasteiger partial charge in [-0.3, -0.25) is 0 Å². The van der Waals surface area contributed by atoms with E-state index in [2.05, 4.69) is 37.5 Å². The highest BCUT2D eigenvalue weighted by atomic mass is 15.2. The van der Waals surface area contributed by atoms with Gasteiger partial charge in [0.15, 0.2) is 11.5 Å². The van der Waals surface area contributed by atoms with Gasteiger partial charge in [-0.05, 0) is 19.8 Å². The molecule has 1 aliphatic carbocycles. The summed E-state index contributed by atoms with van der Waals surface area (Å²) in [4.78, 5) is 15.9. The fraction of sp³-hybridized carbons (Fsp3) is 0.500. The van der Waals surface area contributed by atoms with Crippen LogP contribution in [0.2, 0.25) is 0 Å². The lowest BCUT2D eigenvalue weighted by molar-refractivity contribution is 0.822. The van der Waals surface area contributed by atoms with Crippen molar-refractivity contribution in [2.75, 3.05) is 17.7 Å². The van der Waals surface area contributed by atoms with Crippen LogP contribution in [0.3, 0.4) is 0 Å². The topological polar surface area (TPSA) is 78.5 Å². The molecule has 0 amide bonds. The van der Waals surface area contributed by atoms with Crippen LogP contribution in [-0.2, 0) is 0 Å². The summed E-state index contributed by atoms with van der Waals surface area (Å²) in [6, 6.07) is 0. The van der Waals surface area contributed by atoms with Crippen LogP contribution in [-0.4, -0.2) is 32.5 Å². The number of imidazole rings is 1. The Labute approximate surface area is 92.9 Å². The molecule has 6 nitrogen and oxygen atoms in total. The number of hydrogen-bond donors (Lipinski definition) is 3. The van der Waals surface area contributed by atoms with Gasteiger partial charge in [0.1, 0.15) is 5.52 Å². The van der Waals surface area contributed by atoms with Crippen LogP contribution in [0.15, 0.2) is 6.33 Å². The van der Waals surface area contributed by atoms with Crippen LogP contribution in [0, 0.1) is 0 Å². The first-order valence-corrected chi connectivity index (χ1v) is 5.37. The predicted molar refractivity (Wildman–Crippen MR) is 62.5 cm³/mol. The molecule has 1 saturated carbocycles. The van der Waals surface area contributed by atoms with Gasteiger partial charge in [0.2, 0.25) is 5.95 Å². The molecule has 6 heteroatoms. The van der Waals surface area contributed by atoms with Crippen LogP contribution >= 0.6 is 0 Å². The summed E-state index contributed by atoms with van der Waals surface area (Å²) in [5, 5.41) is 6.37. The van der Waals surface area contributed by atoms with Gasteiger partial charge in [0.25, 0.3) is 0 Å². The lowest BCUT2D eigenvalue weighted by atomic mass is 10.3. The maximum absolute atomic E-state index is 4.41. The molecule has 0 unspecified atom stereocenters. The molecule has 0 aliphatic heterocycles. The van der Waals surface area contributed by atoms with Crippen molar-refractivity contribution < 1.29 is 0 Å². The number of fused-ring (bicyclic) bond motifs is 1. The maximum atomic E-state index is 4.41. The van der Waals surface area contributed by atoms with Gasteiger partial charge in [0, 0.05) is 12.6 Å². The minimum absolute atomic E-state index is 0.192. The summed E-state index contributed by atoms with van der Waals surface area (Å²) >= 11 is 0. The summed E-state index contributed by atoms with van der Waals surface area (Å²) in [5.74, 6) is 1.42. The molecule has 16 heavy (non-hydrogen) atoms. The lowest BCUT2D eigenvalue weighted by Crippen LogP contribution is -2.18. The third-order valence-corrected chi connectivity index (χ3v) is 2.93. The maximum Gasteiger partial charge on any atom is 0.226 e. The quantitative estimate of drug-likeness (QED) is 0.725. The third-order valence-electron chi connectivity index (χ3n) is 2.93. The van der Waals surface area contributed by atoms with Crippen LogP contribution in [0.4, 0.5) is 11.8 Å². The fourth-order valence-corrected chi connectivity index (χ4v) is 1.63. The molecule has 0 spiro atoms. The van der Waals surface area contributed by atoms with Crippen molar-refractivity contribution in [3.63, 3.8) is 0 Å². The number of rotatable bonds is 3. The zero-order chi connectivity index (χ0) is 11.2. The van der Waals surface area contributed by atoms with Crippen LogP contribution < -0.4 is 10.6 Å². The van der Waals surface area contributed by atoms with E-state index in [1.54, 1.807) is 13.4 Å². The lowest BCUT2D eigenvalue weighted by Gasteiger charge is -2.13. The van der Waals surface area contributed by atoms with Gasteiger partial charge in [0.05, 0.1) is 6.33 Å². The highest BCUT2D eigenvalue weighted by Gasteiger charge is 2.38. The number of aromatic nitrogens is 4. The number of aromatic amines is 1. The molecule has 0 aromatic carbocycles. The van der Waals surface area contributed by atoms with Gasteiger partial charge in [-0.15, -0.1) is 0 Å². The Bertz CT molecular complexity index is 527. The zero-order valence-corrected chi connectivity index (χ0v) is 9.33. The summed E-state index contributed by atoms with van der Waals surface area (Å²) in [7, 11) is 1.80. The van der Waals surface area contributed by atoms with Crippen molar-refractivity contribution in [2.45, 2.75) is 25.3 Å². The first kappa shape index (κ1) is 9.38. The van der Waals surface area contributed by atoms with Gasteiger partial charge in [-0.2, -0.15) is 9.97 Å². The van der Waals surface area contributed by atoms with Crippen LogP contribution in [0.1, 0.15) is 19.8 Å². The normalized spacial score (nSPS) is 17.4. The molecule has 0 radical (unpaired) electrons. The molecule has 0 bridgehead atoms. The predicted octanol–water partition coefficient (Wildman–Crippen LogP) is 1.36. The van der Waals surface area contributed by atoms with E-state index < -0.39 is 0 Å². The summed E-state index contributed by atoms with van der Waals surface area (Å²) in [5.41, 5.74) is 1.75. The largest absolute Gasteiger partial charge is 0.363 e. The molecule has 0 atom stereocenters. The summed E-state index contributed by atoms with van der Waals surface area (Å²) in [6.07, 6.45) is 4.00. The van der Waals surface area contributed by atoms with Crippen molar-refractivity contribution >= 4 is 22.9 Å². The Morgan fingerprint density at radius 3 is 2.88 bits per heavy atom. The molecule has 3 N–H and O–H groups in total. The first-order chi connectivity index (χ1) is 7.70. The second kappa shape index (κ2) is 3.07.